The zero-order valence-electron chi connectivity index (χ0n) is 13.9. The summed E-state index contributed by atoms with van der Waals surface area (Å²) in [6.07, 6.45) is 3.42. The van der Waals surface area contributed by atoms with Crippen LogP contribution in [0.1, 0.15) is 61.7 Å². The maximum Gasteiger partial charge on any atom is 0.273 e. The molecule has 128 valence electrons. The third kappa shape index (κ3) is 3.28. The molecule has 1 spiro atoms. The van der Waals surface area contributed by atoms with Crippen LogP contribution in [-0.2, 0) is 4.74 Å². The standard InChI is InChI=1S/C17H26N2O4/c1-11(2)14-9-13(19-23-14)16(21)18-10-12-3-4-17(15(12)20)5-7-22-8-6-17/h9,11-12,15,20H,3-8,10H2,1-2H3,(H,18,21)/t12-,15+/m1/s1. The van der Waals surface area contributed by atoms with Crippen molar-refractivity contribution in [3.8, 4) is 0 Å². The van der Waals surface area contributed by atoms with Crippen molar-refractivity contribution < 1.29 is 19.2 Å². The van der Waals surface area contributed by atoms with Crippen molar-refractivity contribution in [2.45, 2.75) is 51.6 Å². The van der Waals surface area contributed by atoms with E-state index in [9.17, 15) is 9.90 Å². The molecule has 23 heavy (non-hydrogen) atoms. The lowest BCUT2D eigenvalue weighted by molar-refractivity contribution is -0.0555. The first-order chi connectivity index (χ1) is 11.0. The second kappa shape index (κ2) is 6.61. The maximum atomic E-state index is 12.2. The highest BCUT2D eigenvalue weighted by Gasteiger charge is 2.48. The van der Waals surface area contributed by atoms with Gasteiger partial charge in [-0.25, -0.2) is 0 Å². The molecule has 2 fully saturated rings. The second-order valence-corrected chi connectivity index (χ2v) is 7.20. The fourth-order valence-electron chi connectivity index (χ4n) is 3.80. The molecule has 1 saturated carbocycles. The third-order valence-electron chi connectivity index (χ3n) is 5.43. The van der Waals surface area contributed by atoms with E-state index in [1.807, 2.05) is 13.8 Å². The average molecular weight is 322 g/mol. The number of amides is 1. The van der Waals surface area contributed by atoms with Gasteiger partial charge in [0.1, 0.15) is 5.76 Å². The first kappa shape index (κ1) is 16.5. The van der Waals surface area contributed by atoms with E-state index in [4.69, 9.17) is 9.26 Å². The fourth-order valence-corrected chi connectivity index (χ4v) is 3.80. The van der Waals surface area contributed by atoms with Gasteiger partial charge < -0.3 is 19.7 Å². The Bertz CT molecular complexity index is 549. The largest absolute Gasteiger partial charge is 0.392 e. The van der Waals surface area contributed by atoms with E-state index in [1.165, 1.54) is 0 Å². The van der Waals surface area contributed by atoms with Gasteiger partial charge >= 0.3 is 0 Å². The van der Waals surface area contributed by atoms with Crippen LogP contribution < -0.4 is 5.32 Å². The quantitative estimate of drug-likeness (QED) is 0.887. The number of nitrogens with one attached hydrogen (secondary N) is 1. The van der Waals surface area contributed by atoms with Crippen molar-refractivity contribution in [2.75, 3.05) is 19.8 Å². The number of rotatable bonds is 4. The Hall–Kier alpha value is -1.40. The lowest BCUT2D eigenvalue weighted by Crippen LogP contribution is -2.41. The summed E-state index contributed by atoms with van der Waals surface area (Å²) in [5, 5.41) is 17.4. The summed E-state index contributed by atoms with van der Waals surface area (Å²) < 4.78 is 10.6. The van der Waals surface area contributed by atoms with Gasteiger partial charge in [-0.3, -0.25) is 4.79 Å². The molecule has 0 radical (unpaired) electrons. The SMILES string of the molecule is CC(C)c1cc(C(=O)NC[C@H]2CCC3(CCOCC3)[C@H]2O)no1. The molecule has 1 amide bonds. The molecule has 0 aromatic carbocycles. The van der Waals surface area contributed by atoms with E-state index in [-0.39, 0.29) is 29.3 Å². The summed E-state index contributed by atoms with van der Waals surface area (Å²) in [6.45, 7) is 5.92. The van der Waals surface area contributed by atoms with Crippen LogP contribution in [0, 0.1) is 11.3 Å². The molecule has 3 rings (SSSR count). The topological polar surface area (TPSA) is 84.6 Å². The number of ether oxygens (including phenoxy) is 1. The monoisotopic (exact) mass is 322 g/mol. The van der Waals surface area contributed by atoms with Crippen LogP contribution in [0.25, 0.3) is 0 Å². The molecule has 1 aliphatic heterocycles. The Morgan fingerprint density at radius 2 is 2.17 bits per heavy atom. The zero-order valence-corrected chi connectivity index (χ0v) is 13.9. The molecule has 1 aromatic rings. The molecule has 2 heterocycles. The minimum atomic E-state index is -0.366. The Kier molecular flexibility index (Phi) is 4.73. The molecule has 0 bridgehead atoms. The highest BCUT2D eigenvalue weighted by molar-refractivity contribution is 5.92. The third-order valence-corrected chi connectivity index (χ3v) is 5.43. The van der Waals surface area contributed by atoms with E-state index in [1.54, 1.807) is 6.07 Å². The van der Waals surface area contributed by atoms with Gasteiger partial charge in [-0.15, -0.1) is 0 Å². The number of aliphatic hydroxyl groups is 1. The number of carbonyl (C=O) groups excluding carboxylic acids is 1. The van der Waals surface area contributed by atoms with Crippen molar-refractivity contribution in [1.29, 1.82) is 0 Å². The van der Waals surface area contributed by atoms with Gasteiger partial charge in [0, 0.05) is 43.1 Å². The first-order valence-corrected chi connectivity index (χ1v) is 8.52. The highest BCUT2D eigenvalue weighted by atomic mass is 16.5. The minimum absolute atomic E-state index is 0.00759. The Morgan fingerprint density at radius 1 is 1.43 bits per heavy atom. The summed E-state index contributed by atoms with van der Waals surface area (Å²) in [5.74, 6) is 0.778. The summed E-state index contributed by atoms with van der Waals surface area (Å²) in [6, 6.07) is 1.69. The average Bonchev–Trinajstić information content (AvgIpc) is 3.14. The minimum Gasteiger partial charge on any atom is -0.392 e. The Morgan fingerprint density at radius 3 is 2.83 bits per heavy atom. The smallest absolute Gasteiger partial charge is 0.273 e. The van der Waals surface area contributed by atoms with Crippen LogP contribution in [0.4, 0.5) is 0 Å². The lowest BCUT2D eigenvalue weighted by Gasteiger charge is -2.37. The van der Waals surface area contributed by atoms with E-state index in [2.05, 4.69) is 10.5 Å². The number of aromatic nitrogens is 1. The second-order valence-electron chi connectivity index (χ2n) is 7.20. The molecule has 1 aliphatic carbocycles. The summed E-state index contributed by atoms with van der Waals surface area (Å²) >= 11 is 0. The van der Waals surface area contributed by atoms with Gasteiger partial charge in [0.2, 0.25) is 0 Å². The molecular formula is C17H26N2O4. The molecule has 2 aliphatic rings. The van der Waals surface area contributed by atoms with Gasteiger partial charge in [0.05, 0.1) is 6.10 Å². The van der Waals surface area contributed by atoms with Crippen LogP contribution in [0.2, 0.25) is 0 Å². The molecule has 1 saturated heterocycles. The Labute approximate surface area is 136 Å². The maximum absolute atomic E-state index is 12.2. The van der Waals surface area contributed by atoms with Gasteiger partial charge in [-0.1, -0.05) is 19.0 Å². The van der Waals surface area contributed by atoms with Gasteiger partial charge in [-0.2, -0.15) is 0 Å². The van der Waals surface area contributed by atoms with E-state index < -0.39 is 0 Å². The fraction of sp³-hybridized carbons (Fsp3) is 0.765. The lowest BCUT2D eigenvalue weighted by atomic mass is 9.76. The van der Waals surface area contributed by atoms with Crippen molar-refractivity contribution in [3.63, 3.8) is 0 Å². The molecule has 1 aromatic heterocycles. The van der Waals surface area contributed by atoms with Crippen molar-refractivity contribution in [1.82, 2.24) is 10.5 Å². The van der Waals surface area contributed by atoms with Crippen LogP contribution in [-0.4, -0.2) is 42.0 Å². The molecule has 0 unspecified atom stereocenters. The number of hydrogen-bond donors (Lipinski definition) is 2. The molecule has 2 atom stereocenters. The molecule has 6 heteroatoms. The summed E-state index contributed by atoms with van der Waals surface area (Å²) in [5.41, 5.74) is 0.300. The van der Waals surface area contributed by atoms with Crippen molar-refractivity contribution in [3.05, 3.63) is 17.5 Å². The number of aliphatic hydroxyl groups excluding tert-OH is 1. The van der Waals surface area contributed by atoms with Gasteiger partial charge in [-0.05, 0) is 25.7 Å². The molecule has 2 N–H and O–H groups in total. The molecular weight excluding hydrogens is 296 g/mol. The van der Waals surface area contributed by atoms with Crippen molar-refractivity contribution in [2.24, 2.45) is 11.3 Å². The number of hydrogen-bond acceptors (Lipinski definition) is 5. The Balaban J connectivity index is 1.55. The van der Waals surface area contributed by atoms with Crippen LogP contribution in [0.3, 0.4) is 0 Å². The van der Waals surface area contributed by atoms with E-state index in [0.717, 1.165) is 38.9 Å². The predicted molar refractivity (Wildman–Crippen MR) is 84.1 cm³/mol. The van der Waals surface area contributed by atoms with E-state index in [0.29, 0.717) is 18.0 Å². The van der Waals surface area contributed by atoms with Crippen LogP contribution >= 0.6 is 0 Å². The normalized spacial score (nSPS) is 26.8. The number of carbonyl (C=O) groups is 1. The first-order valence-electron chi connectivity index (χ1n) is 8.52. The zero-order chi connectivity index (χ0) is 16.4. The predicted octanol–water partition coefficient (Wildman–Crippen LogP) is 2.10. The summed E-state index contributed by atoms with van der Waals surface area (Å²) in [4.78, 5) is 12.2. The van der Waals surface area contributed by atoms with E-state index >= 15 is 0 Å². The van der Waals surface area contributed by atoms with Crippen molar-refractivity contribution >= 4 is 5.91 Å². The summed E-state index contributed by atoms with van der Waals surface area (Å²) in [7, 11) is 0. The highest BCUT2D eigenvalue weighted by Crippen LogP contribution is 2.48. The van der Waals surface area contributed by atoms with Gasteiger partial charge in [0.25, 0.3) is 5.91 Å². The molecule has 6 nitrogen and oxygen atoms in total. The van der Waals surface area contributed by atoms with Gasteiger partial charge in [0.15, 0.2) is 5.69 Å². The van der Waals surface area contributed by atoms with Crippen LogP contribution in [0.15, 0.2) is 10.6 Å². The number of nitrogens with zero attached hydrogens (tertiary/aromatic N) is 1. The van der Waals surface area contributed by atoms with Crippen LogP contribution in [0.5, 0.6) is 0 Å².